The molecule has 1 aliphatic carbocycles. The summed E-state index contributed by atoms with van der Waals surface area (Å²) in [4.78, 5) is 34.8. The number of nitrogens with zero attached hydrogens (tertiary/aromatic N) is 3. The molecule has 0 atom stereocenters. The Morgan fingerprint density at radius 3 is 2.43 bits per heavy atom. The number of furan rings is 1. The Morgan fingerprint density at radius 2 is 1.80 bits per heavy atom. The molecular weight excluding hydrogens is 394 g/mol. The van der Waals surface area contributed by atoms with E-state index in [0.717, 1.165) is 6.42 Å². The predicted octanol–water partition coefficient (Wildman–Crippen LogP) is 0.885. The van der Waals surface area contributed by atoms with Crippen LogP contribution >= 0.6 is 0 Å². The Kier molecular flexibility index (Phi) is 5.76. The quantitative estimate of drug-likeness (QED) is 0.247. The Hall–Kier alpha value is -4.22. The van der Waals surface area contributed by atoms with Gasteiger partial charge in [-0.2, -0.15) is 5.10 Å². The molecule has 156 valence electrons. The van der Waals surface area contributed by atoms with Crippen molar-refractivity contribution in [1.29, 1.82) is 0 Å². The van der Waals surface area contributed by atoms with Gasteiger partial charge < -0.3 is 15.9 Å². The lowest BCUT2D eigenvalue weighted by atomic mass is 9.93. The number of nitro benzene ring substituents is 1. The third-order valence-electron chi connectivity index (χ3n) is 4.45. The molecule has 0 spiro atoms. The minimum Gasteiger partial charge on any atom is -0.455 e. The van der Waals surface area contributed by atoms with Gasteiger partial charge in [0.25, 0.3) is 11.6 Å². The summed E-state index contributed by atoms with van der Waals surface area (Å²) in [6.45, 7) is 1.70. The molecular formula is C18H19N7O5. The number of fused-ring (bicyclic) bond motifs is 1. The Morgan fingerprint density at radius 1 is 1.13 bits per heavy atom. The summed E-state index contributed by atoms with van der Waals surface area (Å²) in [5.41, 5.74) is 17.0. The summed E-state index contributed by atoms with van der Waals surface area (Å²) in [7, 11) is 0. The number of guanidine groups is 1. The maximum Gasteiger partial charge on any atom is 0.305 e. The normalized spacial score (nSPS) is 14.0. The molecule has 12 nitrogen and oxygen atoms in total. The van der Waals surface area contributed by atoms with E-state index in [1.807, 2.05) is 0 Å². The van der Waals surface area contributed by atoms with Crippen LogP contribution in [0.15, 0.2) is 38.9 Å². The zero-order valence-corrected chi connectivity index (χ0v) is 16.0. The standard InChI is InChI=1S/C18H19N7O5/c1-9-14-12(21-24-18(19)20)3-2-4-13(14)30-15(9)17(27)23-22-16(26)10-5-7-11(8-6-10)25(28)29/h5-8H,2-4H2,1H3,(H,22,26)(H,23,27)(H4,19,20,24)/b21-12+. The van der Waals surface area contributed by atoms with Crippen LogP contribution in [0.5, 0.6) is 0 Å². The average Bonchev–Trinajstić information content (AvgIpc) is 3.07. The van der Waals surface area contributed by atoms with E-state index in [1.165, 1.54) is 24.3 Å². The number of carbonyl (C=O) groups excluding carboxylic acids is 2. The van der Waals surface area contributed by atoms with Gasteiger partial charge in [0.15, 0.2) is 5.76 Å². The van der Waals surface area contributed by atoms with Crippen LogP contribution in [-0.2, 0) is 6.42 Å². The first-order valence-corrected chi connectivity index (χ1v) is 8.91. The number of amides is 2. The van der Waals surface area contributed by atoms with Crippen LogP contribution in [0.4, 0.5) is 5.69 Å². The number of hydrogen-bond donors (Lipinski definition) is 4. The molecule has 1 aromatic heterocycles. The molecule has 1 heterocycles. The van der Waals surface area contributed by atoms with Crippen LogP contribution in [0.2, 0.25) is 0 Å². The second-order valence-corrected chi connectivity index (χ2v) is 6.49. The summed E-state index contributed by atoms with van der Waals surface area (Å²) in [5, 5.41) is 18.4. The topological polar surface area (TPSA) is 191 Å². The lowest BCUT2D eigenvalue weighted by molar-refractivity contribution is -0.384. The molecule has 0 unspecified atom stereocenters. The number of benzene rings is 1. The lowest BCUT2D eigenvalue weighted by Gasteiger charge is -2.11. The van der Waals surface area contributed by atoms with E-state index >= 15 is 0 Å². The van der Waals surface area contributed by atoms with Crippen molar-refractivity contribution >= 4 is 29.2 Å². The average molecular weight is 413 g/mol. The number of non-ortho nitro benzene ring substituents is 1. The lowest BCUT2D eigenvalue weighted by Crippen LogP contribution is -2.41. The molecule has 1 aromatic carbocycles. The van der Waals surface area contributed by atoms with Crippen LogP contribution < -0.4 is 22.3 Å². The van der Waals surface area contributed by atoms with Crippen molar-refractivity contribution in [3.05, 3.63) is 62.6 Å². The fraction of sp³-hybridized carbons (Fsp3) is 0.222. The first kappa shape index (κ1) is 20.5. The molecule has 0 saturated carbocycles. The zero-order chi connectivity index (χ0) is 21.8. The Bertz CT molecular complexity index is 1070. The van der Waals surface area contributed by atoms with Gasteiger partial charge in [-0.25, -0.2) is 0 Å². The van der Waals surface area contributed by atoms with Crippen molar-refractivity contribution < 1.29 is 18.9 Å². The number of rotatable bonds is 4. The number of hydrazine groups is 1. The van der Waals surface area contributed by atoms with Gasteiger partial charge >= 0.3 is 5.91 Å². The van der Waals surface area contributed by atoms with E-state index in [2.05, 4.69) is 21.1 Å². The molecule has 0 saturated heterocycles. The predicted molar refractivity (Wildman–Crippen MR) is 107 cm³/mol. The smallest absolute Gasteiger partial charge is 0.305 e. The maximum absolute atomic E-state index is 12.5. The molecule has 0 radical (unpaired) electrons. The highest BCUT2D eigenvalue weighted by molar-refractivity contribution is 6.07. The van der Waals surface area contributed by atoms with Crippen molar-refractivity contribution in [2.45, 2.75) is 26.2 Å². The van der Waals surface area contributed by atoms with E-state index in [9.17, 15) is 19.7 Å². The highest BCUT2D eigenvalue weighted by Crippen LogP contribution is 2.30. The fourth-order valence-electron chi connectivity index (χ4n) is 3.08. The summed E-state index contributed by atoms with van der Waals surface area (Å²) in [5.74, 6) is -0.846. The molecule has 0 aliphatic heterocycles. The Labute approximate surface area is 170 Å². The van der Waals surface area contributed by atoms with Crippen molar-refractivity contribution in [3.63, 3.8) is 0 Å². The van der Waals surface area contributed by atoms with Crippen LogP contribution in [0, 0.1) is 17.0 Å². The van der Waals surface area contributed by atoms with E-state index in [4.69, 9.17) is 15.9 Å². The van der Waals surface area contributed by atoms with Gasteiger partial charge in [0, 0.05) is 35.2 Å². The number of aryl methyl sites for hydroxylation is 1. The number of nitro groups is 1. The van der Waals surface area contributed by atoms with Crippen LogP contribution in [0.1, 0.15) is 50.6 Å². The zero-order valence-electron chi connectivity index (χ0n) is 16.0. The number of hydrogen-bond acceptors (Lipinski definition) is 7. The molecule has 2 aromatic rings. The van der Waals surface area contributed by atoms with Gasteiger partial charge in [0.1, 0.15) is 5.76 Å². The minimum atomic E-state index is -0.654. The van der Waals surface area contributed by atoms with Gasteiger partial charge in [-0.05, 0) is 31.9 Å². The van der Waals surface area contributed by atoms with Crippen molar-refractivity contribution in [1.82, 2.24) is 10.9 Å². The second-order valence-electron chi connectivity index (χ2n) is 6.49. The largest absolute Gasteiger partial charge is 0.455 e. The van der Waals surface area contributed by atoms with Crippen LogP contribution in [0.25, 0.3) is 0 Å². The van der Waals surface area contributed by atoms with Crippen molar-refractivity contribution in [2.75, 3.05) is 0 Å². The third kappa shape index (κ3) is 4.27. The van der Waals surface area contributed by atoms with Crippen molar-refractivity contribution in [3.8, 4) is 0 Å². The van der Waals surface area contributed by atoms with Crippen LogP contribution in [0.3, 0.4) is 0 Å². The van der Waals surface area contributed by atoms with Crippen molar-refractivity contribution in [2.24, 2.45) is 21.7 Å². The molecule has 0 fully saturated rings. The molecule has 3 rings (SSSR count). The molecule has 0 bridgehead atoms. The van der Waals surface area contributed by atoms with E-state index < -0.39 is 16.7 Å². The number of nitrogens with two attached hydrogens (primary N) is 2. The fourth-order valence-corrected chi connectivity index (χ4v) is 3.08. The first-order valence-electron chi connectivity index (χ1n) is 8.91. The van der Waals surface area contributed by atoms with Gasteiger partial charge in [-0.1, -0.05) is 0 Å². The third-order valence-corrected chi connectivity index (χ3v) is 4.45. The summed E-state index contributed by atoms with van der Waals surface area (Å²) in [6, 6.07) is 4.95. The summed E-state index contributed by atoms with van der Waals surface area (Å²) in [6.07, 6.45) is 2.01. The SMILES string of the molecule is Cc1c(C(=O)NNC(=O)c2ccc([N+](=O)[O-])cc2)oc2c1/C(=N/N=C(N)N)CCC2. The molecule has 30 heavy (non-hydrogen) atoms. The van der Waals surface area contributed by atoms with Crippen LogP contribution in [-0.4, -0.2) is 28.4 Å². The molecule has 2 amide bonds. The van der Waals surface area contributed by atoms with E-state index in [0.29, 0.717) is 35.4 Å². The number of carbonyl (C=O) groups is 2. The summed E-state index contributed by atoms with van der Waals surface area (Å²) < 4.78 is 5.69. The highest BCUT2D eigenvalue weighted by atomic mass is 16.6. The van der Waals surface area contributed by atoms with Gasteiger partial charge in [-0.3, -0.25) is 30.6 Å². The molecule has 6 N–H and O–H groups in total. The van der Waals surface area contributed by atoms with E-state index in [1.54, 1.807) is 6.92 Å². The minimum absolute atomic E-state index is 0.0308. The maximum atomic E-state index is 12.5. The Balaban J connectivity index is 1.73. The highest BCUT2D eigenvalue weighted by Gasteiger charge is 2.28. The first-order chi connectivity index (χ1) is 14.3. The van der Waals surface area contributed by atoms with Gasteiger partial charge in [0.2, 0.25) is 5.96 Å². The van der Waals surface area contributed by atoms with Gasteiger partial charge in [-0.15, -0.1) is 5.10 Å². The second kappa shape index (κ2) is 8.43. The van der Waals surface area contributed by atoms with E-state index in [-0.39, 0.29) is 23.0 Å². The monoisotopic (exact) mass is 413 g/mol. The number of nitrogens with one attached hydrogen (secondary N) is 2. The molecule has 1 aliphatic rings. The summed E-state index contributed by atoms with van der Waals surface area (Å²) >= 11 is 0. The van der Waals surface area contributed by atoms with Gasteiger partial charge in [0.05, 0.1) is 10.6 Å². The molecule has 12 heteroatoms.